The SMILES string of the molecule is Cn1c(=O)n(CC2CCOCC2)c(=O)c2c1cnn2CC1CC1C1CCCCC1. The monoisotopic (exact) mass is 400 g/mol. The Hall–Kier alpha value is -1.89. The molecule has 7 nitrogen and oxygen atoms in total. The van der Waals surface area contributed by atoms with Crippen molar-refractivity contribution in [2.45, 2.75) is 64.5 Å². The molecule has 2 saturated carbocycles. The molecular weight excluding hydrogens is 368 g/mol. The van der Waals surface area contributed by atoms with E-state index in [0.29, 0.717) is 42.6 Å². The molecule has 3 aliphatic rings. The molecule has 2 aromatic heterocycles. The van der Waals surface area contributed by atoms with E-state index in [1.54, 1.807) is 17.8 Å². The molecule has 29 heavy (non-hydrogen) atoms. The summed E-state index contributed by atoms with van der Waals surface area (Å²) in [5.74, 6) is 2.61. The number of ether oxygens (including phenoxy) is 1. The molecule has 1 aliphatic heterocycles. The van der Waals surface area contributed by atoms with E-state index < -0.39 is 0 Å². The molecule has 1 saturated heterocycles. The molecule has 0 N–H and O–H groups in total. The summed E-state index contributed by atoms with van der Waals surface area (Å²) in [6.07, 6.45) is 11.6. The molecule has 5 rings (SSSR count). The maximum atomic E-state index is 13.3. The smallest absolute Gasteiger partial charge is 0.331 e. The van der Waals surface area contributed by atoms with Gasteiger partial charge in [0.2, 0.25) is 0 Å². The van der Waals surface area contributed by atoms with Gasteiger partial charge in [0.05, 0.1) is 11.7 Å². The van der Waals surface area contributed by atoms with E-state index in [9.17, 15) is 9.59 Å². The van der Waals surface area contributed by atoms with Crippen LogP contribution in [0.2, 0.25) is 0 Å². The lowest BCUT2D eigenvalue weighted by Gasteiger charge is -2.22. The van der Waals surface area contributed by atoms with Gasteiger partial charge in [0.25, 0.3) is 5.56 Å². The zero-order valence-electron chi connectivity index (χ0n) is 17.4. The molecule has 3 fully saturated rings. The van der Waals surface area contributed by atoms with Gasteiger partial charge in [0.15, 0.2) is 5.52 Å². The highest BCUT2D eigenvalue weighted by Gasteiger charge is 2.43. The van der Waals surface area contributed by atoms with Gasteiger partial charge in [-0.3, -0.25) is 18.6 Å². The molecule has 2 aromatic rings. The van der Waals surface area contributed by atoms with Crippen LogP contribution < -0.4 is 11.2 Å². The summed E-state index contributed by atoms with van der Waals surface area (Å²) in [6.45, 7) is 2.70. The average Bonchev–Trinajstić information content (AvgIpc) is 3.40. The minimum absolute atomic E-state index is 0.179. The third kappa shape index (κ3) is 3.58. The second-order valence-corrected chi connectivity index (χ2v) is 9.43. The largest absolute Gasteiger partial charge is 0.381 e. The van der Waals surface area contributed by atoms with Gasteiger partial charge in [-0.1, -0.05) is 32.1 Å². The van der Waals surface area contributed by atoms with Crippen molar-refractivity contribution in [1.82, 2.24) is 18.9 Å². The van der Waals surface area contributed by atoms with Crippen molar-refractivity contribution in [3.05, 3.63) is 27.0 Å². The molecule has 2 aliphatic carbocycles. The van der Waals surface area contributed by atoms with Crippen molar-refractivity contribution in [2.24, 2.45) is 30.7 Å². The van der Waals surface area contributed by atoms with E-state index in [4.69, 9.17) is 4.74 Å². The van der Waals surface area contributed by atoms with Gasteiger partial charge >= 0.3 is 5.69 Å². The Bertz CT molecular complexity index is 992. The van der Waals surface area contributed by atoms with Crippen LogP contribution in [0, 0.1) is 23.7 Å². The zero-order valence-corrected chi connectivity index (χ0v) is 17.4. The van der Waals surface area contributed by atoms with Crippen LogP contribution >= 0.6 is 0 Å². The second-order valence-electron chi connectivity index (χ2n) is 9.43. The molecule has 7 heteroatoms. The predicted octanol–water partition coefficient (Wildman–Crippen LogP) is 2.54. The first-order valence-electron chi connectivity index (χ1n) is 11.4. The van der Waals surface area contributed by atoms with E-state index in [1.165, 1.54) is 43.1 Å². The molecule has 158 valence electrons. The highest BCUT2D eigenvalue weighted by molar-refractivity contribution is 5.73. The summed E-state index contributed by atoms with van der Waals surface area (Å²) in [7, 11) is 1.75. The van der Waals surface area contributed by atoms with E-state index in [1.807, 2.05) is 4.68 Å². The second kappa shape index (κ2) is 7.74. The quantitative estimate of drug-likeness (QED) is 0.773. The van der Waals surface area contributed by atoms with Crippen LogP contribution in [0.1, 0.15) is 51.4 Å². The fourth-order valence-corrected chi connectivity index (χ4v) is 5.67. The normalized spacial score (nSPS) is 26.2. The minimum atomic E-state index is -0.236. The van der Waals surface area contributed by atoms with Gasteiger partial charge in [0.1, 0.15) is 0 Å². The van der Waals surface area contributed by atoms with Gasteiger partial charge in [-0.15, -0.1) is 0 Å². The van der Waals surface area contributed by atoms with Crippen LogP contribution in [0.5, 0.6) is 0 Å². The Morgan fingerprint density at radius 1 is 1.07 bits per heavy atom. The lowest BCUT2D eigenvalue weighted by Crippen LogP contribution is -2.41. The summed E-state index contributed by atoms with van der Waals surface area (Å²) in [4.78, 5) is 26.1. The third-order valence-electron chi connectivity index (χ3n) is 7.57. The maximum Gasteiger partial charge on any atom is 0.331 e. The number of hydrogen-bond donors (Lipinski definition) is 0. The fourth-order valence-electron chi connectivity index (χ4n) is 5.67. The first-order chi connectivity index (χ1) is 14.1. The summed E-state index contributed by atoms with van der Waals surface area (Å²) in [6, 6.07) is 0. The number of nitrogens with zero attached hydrogens (tertiary/aromatic N) is 4. The molecule has 0 spiro atoms. The highest BCUT2D eigenvalue weighted by Crippen LogP contribution is 2.50. The van der Waals surface area contributed by atoms with E-state index in [2.05, 4.69) is 5.10 Å². The first kappa shape index (κ1) is 19.1. The topological polar surface area (TPSA) is 71.1 Å². The van der Waals surface area contributed by atoms with Crippen molar-refractivity contribution < 1.29 is 4.74 Å². The Labute approximate surface area is 170 Å². The van der Waals surface area contributed by atoms with Crippen LogP contribution in [0.15, 0.2) is 15.8 Å². The number of rotatable bonds is 5. The molecule has 2 atom stereocenters. The maximum absolute atomic E-state index is 13.3. The van der Waals surface area contributed by atoms with Crippen LogP contribution in [0.4, 0.5) is 0 Å². The van der Waals surface area contributed by atoms with Gasteiger partial charge in [0, 0.05) is 33.4 Å². The Morgan fingerprint density at radius 3 is 2.59 bits per heavy atom. The molecule has 3 heterocycles. The minimum Gasteiger partial charge on any atom is -0.381 e. The fraction of sp³-hybridized carbons (Fsp3) is 0.773. The first-order valence-corrected chi connectivity index (χ1v) is 11.4. The number of aromatic nitrogens is 4. The van der Waals surface area contributed by atoms with Gasteiger partial charge in [-0.25, -0.2) is 4.79 Å². The lowest BCUT2D eigenvalue weighted by atomic mass is 9.85. The summed E-state index contributed by atoms with van der Waals surface area (Å²) >= 11 is 0. The van der Waals surface area contributed by atoms with Crippen LogP contribution in [0.25, 0.3) is 11.0 Å². The average molecular weight is 401 g/mol. The van der Waals surface area contributed by atoms with Crippen molar-refractivity contribution in [1.29, 1.82) is 0 Å². The van der Waals surface area contributed by atoms with Gasteiger partial charge < -0.3 is 4.74 Å². The molecule has 0 aromatic carbocycles. The van der Waals surface area contributed by atoms with Gasteiger partial charge in [-0.2, -0.15) is 5.10 Å². The van der Waals surface area contributed by atoms with E-state index in [-0.39, 0.29) is 11.2 Å². The third-order valence-corrected chi connectivity index (χ3v) is 7.57. The predicted molar refractivity (Wildman–Crippen MR) is 111 cm³/mol. The lowest BCUT2D eigenvalue weighted by molar-refractivity contribution is 0.0605. The zero-order chi connectivity index (χ0) is 20.0. The number of fused-ring (bicyclic) bond motifs is 1. The molecule has 2 unspecified atom stereocenters. The van der Waals surface area contributed by atoms with Crippen LogP contribution in [0.3, 0.4) is 0 Å². The molecule has 0 bridgehead atoms. The van der Waals surface area contributed by atoms with Crippen molar-refractivity contribution in [2.75, 3.05) is 13.2 Å². The van der Waals surface area contributed by atoms with Gasteiger partial charge in [-0.05, 0) is 42.9 Å². The van der Waals surface area contributed by atoms with E-state index >= 15 is 0 Å². The summed E-state index contributed by atoms with van der Waals surface area (Å²) < 4.78 is 10.3. The molecule has 0 radical (unpaired) electrons. The number of aryl methyl sites for hydroxylation is 1. The Morgan fingerprint density at radius 2 is 1.83 bits per heavy atom. The van der Waals surface area contributed by atoms with Crippen molar-refractivity contribution >= 4 is 11.0 Å². The Balaban J connectivity index is 1.41. The summed E-state index contributed by atoms with van der Waals surface area (Å²) in [5.41, 5.74) is 0.827. The summed E-state index contributed by atoms with van der Waals surface area (Å²) in [5, 5.41) is 4.53. The Kier molecular flexibility index (Phi) is 5.10. The van der Waals surface area contributed by atoms with Crippen LogP contribution in [-0.2, 0) is 24.9 Å². The van der Waals surface area contributed by atoms with E-state index in [0.717, 1.165) is 31.2 Å². The standard InChI is InChI=1S/C22H32N4O3/c1-24-19-12-23-26(14-17-11-18(17)16-5-3-2-4-6-16)20(19)21(27)25(22(24)28)13-15-7-9-29-10-8-15/h12,15-18H,2-11,13-14H2,1H3. The molecule has 0 amide bonds. The highest BCUT2D eigenvalue weighted by atomic mass is 16.5. The van der Waals surface area contributed by atoms with Crippen LogP contribution in [-0.4, -0.2) is 32.1 Å². The van der Waals surface area contributed by atoms with Crippen molar-refractivity contribution in [3.8, 4) is 0 Å². The van der Waals surface area contributed by atoms with Crippen molar-refractivity contribution in [3.63, 3.8) is 0 Å². The number of hydrogen-bond acceptors (Lipinski definition) is 4. The molecular formula is C22H32N4O3.